The second kappa shape index (κ2) is 5.24. The highest BCUT2D eigenvalue weighted by Gasteiger charge is 2.15. The zero-order valence-corrected chi connectivity index (χ0v) is 12.8. The first-order chi connectivity index (χ1) is 9.58. The van der Waals surface area contributed by atoms with Crippen LogP contribution in [-0.4, -0.2) is 15.0 Å². The van der Waals surface area contributed by atoms with Gasteiger partial charge in [0.1, 0.15) is 0 Å². The minimum absolute atomic E-state index is 0.234. The summed E-state index contributed by atoms with van der Waals surface area (Å²) in [6.07, 6.45) is 1.66. The third-order valence-electron chi connectivity index (χ3n) is 2.73. The molecule has 0 radical (unpaired) electrons. The molecule has 100 valence electrons. The molecule has 0 bridgehead atoms. The maximum Gasteiger partial charge on any atom is 0.197 e. The van der Waals surface area contributed by atoms with Gasteiger partial charge in [-0.3, -0.25) is 4.98 Å². The first-order valence-corrected chi connectivity index (χ1v) is 7.05. The van der Waals surface area contributed by atoms with Gasteiger partial charge in [0.25, 0.3) is 0 Å². The minimum atomic E-state index is -0.827. The molecule has 0 N–H and O–H groups in total. The lowest BCUT2D eigenvalue weighted by Gasteiger charge is -2.07. The Morgan fingerprint density at radius 2 is 1.75 bits per heavy atom. The van der Waals surface area contributed by atoms with Crippen molar-refractivity contribution in [2.75, 3.05) is 0 Å². The molecule has 1 aromatic carbocycles. The summed E-state index contributed by atoms with van der Waals surface area (Å²) in [6.45, 7) is 0. The topological polar surface area (TPSA) is 38.7 Å². The molecular formula is C13H5BrCl2FN3. The Morgan fingerprint density at radius 3 is 2.45 bits per heavy atom. The summed E-state index contributed by atoms with van der Waals surface area (Å²) in [5.41, 5.74) is 1.31. The van der Waals surface area contributed by atoms with Crippen LogP contribution in [0.2, 0.25) is 10.3 Å². The number of aromatic nitrogens is 3. The molecule has 20 heavy (non-hydrogen) atoms. The molecule has 0 aliphatic rings. The zero-order chi connectivity index (χ0) is 14.3. The molecule has 2 heterocycles. The number of hydrogen-bond donors (Lipinski definition) is 0. The van der Waals surface area contributed by atoms with Crippen LogP contribution < -0.4 is 0 Å². The molecule has 0 fully saturated rings. The van der Waals surface area contributed by atoms with Crippen LogP contribution >= 0.6 is 39.1 Å². The lowest BCUT2D eigenvalue weighted by molar-refractivity contribution is 0.615. The first kappa shape index (κ1) is 13.7. The Balaban J connectivity index is 2.33. The number of pyridine rings is 1. The summed E-state index contributed by atoms with van der Waals surface area (Å²) < 4.78 is 14.3. The molecule has 0 saturated carbocycles. The van der Waals surface area contributed by atoms with Gasteiger partial charge in [-0.15, -0.1) is 0 Å². The van der Waals surface area contributed by atoms with Crippen molar-refractivity contribution in [1.82, 2.24) is 15.0 Å². The highest BCUT2D eigenvalue weighted by molar-refractivity contribution is 9.10. The molecule has 0 atom stereocenters. The minimum Gasteiger partial charge on any atom is -0.255 e. The number of rotatable bonds is 1. The normalized spacial score (nSPS) is 11.0. The van der Waals surface area contributed by atoms with Gasteiger partial charge in [0, 0.05) is 21.6 Å². The van der Waals surface area contributed by atoms with Crippen LogP contribution in [-0.2, 0) is 0 Å². The van der Waals surface area contributed by atoms with Crippen LogP contribution in [0.4, 0.5) is 4.39 Å². The van der Waals surface area contributed by atoms with Crippen LogP contribution in [0.15, 0.2) is 34.9 Å². The standard InChI is InChI=1S/C13H5BrCl2FN3/c14-8-4-3-7(10-6(8)2-1-5-18-10)13-19-11(15)9(17)12(16)20-13/h1-5H. The van der Waals surface area contributed by atoms with E-state index in [-0.39, 0.29) is 16.1 Å². The third-order valence-corrected chi connectivity index (χ3v) is 3.92. The van der Waals surface area contributed by atoms with E-state index in [1.807, 2.05) is 18.2 Å². The monoisotopic (exact) mass is 371 g/mol. The quantitative estimate of drug-likeness (QED) is 0.570. The number of fused-ring (bicyclic) bond motifs is 1. The van der Waals surface area contributed by atoms with E-state index in [2.05, 4.69) is 30.9 Å². The Hall–Kier alpha value is -1.30. The van der Waals surface area contributed by atoms with Crippen LogP contribution in [0.25, 0.3) is 22.3 Å². The number of benzene rings is 1. The molecule has 7 heteroatoms. The first-order valence-electron chi connectivity index (χ1n) is 5.50. The summed E-state index contributed by atoms with van der Waals surface area (Å²) in [4.78, 5) is 12.2. The van der Waals surface area contributed by atoms with Gasteiger partial charge in [-0.05, 0) is 18.2 Å². The molecule has 3 rings (SSSR count). The zero-order valence-electron chi connectivity index (χ0n) is 9.74. The predicted molar refractivity (Wildman–Crippen MR) is 80.4 cm³/mol. The van der Waals surface area contributed by atoms with Gasteiger partial charge < -0.3 is 0 Å². The molecule has 0 unspecified atom stereocenters. The molecule has 3 nitrogen and oxygen atoms in total. The summed E-state index contributed by atoms with van der Waals surface area (Å²) in [5, 5.41) is 0.268. The Bertz CT molecular complexity index is 803. The summed E-state index contributed by atoms with van der Waals surface area (Å²) in [7, 11) is 0. The van der Waals surface area contributed by atoms with Gasteiger partial charge in [-0.25, -0.2) is 14.4 Å². The van der Waals surface area contributed by atoms with Crippen LogP contribution in [0.5, 0.6) is 0 Å². The fourth-order valence-electron chi connectivity index (χ4n) is 1.83. The van der Waals surface area contributed by atoms with E-state index in [0.717, 1.165) is 9.86 Å². The Labute approximate surface area is 131 Å². The SMILES string of the molecule is Fc1c(Cl)nc(-c2ccc(Br)c3cccnc23)nc1Cl. The number of halogens is 4. The smallest absolute Gasteiger partial charge is 0.197 e. The highest BCUT2D eigenvalue weighted by atomic mass is 79.9. The van der Waals surface area contributed by atoms with Crippen LogP contribution in [0.3, 0.4) is 0 Å². The lowest BCUT2D eigenvalue weighted by atomic mass is 10.1. The average molecular weight is 373 g/mol. The van der Waals surface area contributed by atoms with Gasteiger partial charge >= 0.3 is 0 Å². The maximum absolute atomic E-state index is 13.4. The van der Waals surface area contributed by atoms with Crippen molar-refractivity contribution >= 4 is 50.0 Å². The Kier molecular flexibility index (Phi) is 3.58. The number of hydrogen-bond acceptors (Lipinski definition) is 3. The maximum atomic E-state index is 13.4. The molecule has 3 aromatic rings. The van der Waals surface area contributed by atoms with Crippen molar-refractivity contribution in [3.05, 3.63) is 51.1 Å². The van der Waals surface area contributed by atoms with E-state index in [1.165, 1.54) is 0 Å². The summed E-state index contributed by atoms with van der Waals surface area (Å²) >= 11 is 14.9. The molecule has 0 amide bonds. The summed E-state index contributed by atoms with van der Waals surface area (Å²) in [5.74, 6) is -0.593. The van der Waals surface area contributed by atoms with Crippen molar-refractivity contribution < 1.29 is 4.39 Å². The molecule has 0 aliphatic heterocycles. The van der Waals surface area contributed by atoms with Crippen molar-refractivity contribution in [3.63, 3.8) is 0 Å². The average Bonchev–Trinajstić information content (AvgIpc) is 2.45. The molecule has 0 saturated heterocycles. The predicted octanol–water partition coefficient (Wildman–Crippen LogP) is 4.90. The summed E-state index contributed by atoms with van der Waals surface area (Å²) in [6, 6.07) is 7.35. The fraction of sp³-hybridized carbons (Fsp3) is 0. The van der Waals surface area contributed by atoms with Crippen molar-refractivity contribution in [3.8, 4) is 11.4 Å². The van der Waals surface area contributed by atoms with Gasteiger partial charge in [0.2, 0.25) is 0 Å². The molecular weight excluding hydrogens is 368 g/mol. The van der Waals surface area contributed by atoms with E-state index in [1.54, 1.807) is 12.3 Å². The fourth-order valence-corrected chi connectivity index (χ4v) is 2.67. The van der Waals surface area contributed by atoms with Crippen LogP contribution in [0, 0.1) is 5.82 Å². The second-order valence-corrected chi connectivity index (χ2v) is 5.51. The van der Waals surface area contributed by atoms with E-state index >= 15 is 0 Å². The Morgan fingerprint density at radius 1 is 1.05 bits per heavy atom. The largest absolute Gasteiger partial charge is 0.255 e. The van der Waals surface area contributed by atoms with Crippen LogP contribution in [0.1, 0.15) is 0 Å². The van der Waals surface area contributed by atoms with Crippen molar-refractivity contribution in [1.29, 1.82) is 0 Å². The highest BCUT2D eigenvalue weighted by Crippen LogP contribution is 2.32. The molecule has 2 aromatic heterocycles. The van der Waals surface area contributed by atoms with Gasteiger partial charge in [0.05, 0.1) is 5.52 Å². The second-order valence-electron chi connectivity index (χ2n) is 3.94. The van der Waals surface area contributed by atoms with E-state index in [9.17, 15) is 4.39 Å². The third kappa shape index (κ3) is 2.26. The molecule has 0 aliphatic carbocycles. The van der Waals surface area contributed by atoms with Gasteiger partial charge in [-0.2, -0.15) is 0 Å². The number of nitrogens with zero attached hydrogens (tertiary/aromatic N) is 3. The van der Waals surface area contributed by atoms with E-state index in [0.29, 0.717) is 11.1 Å². The van der Waals surface area contributed by atoms with Crippen molar-refractivity contribution in [2.24, 2.45) is 0 Å². The van der Waals surface area contributed by atoms with E-state index < -0.39 is 5.82 Å². The lowest BCUT2D eigenvalue weighted by Crippen LogP contribution is -1.96. The van der Waals surface area contributed by atoms with Gasteiger partial charge in [-0.1, -0.05) is 45.2 Å². The molecule has 0 spiro atoms. The van der Waals surface area contributed by atoms with E-state index in [4.69, 9.17) is 23.2 Å². The van der Waals surface area contributed by atoms with Crippen molar-refractivity contribution in [2.45, 2.75) is 0 Å². The van der Waals surface area contributed by atoms with Gasteiger partial charge in [0.15, 0.2) is 21.9 Å².